The van der Waals surface area contributed by atoms with E-state index in [0.29, 0.717) is 37.3 Å². The van der Waals surface area contributed by atoms with Crippen LogP contribution in [0.5, 0.6) is 0 Å². The first-order chi connectivity index (χ1) is 14.7. The van der Waals surface area contributed by atoms with Gasteiger partial charge < -0.3 is 4.90 Å². The van der Waals surface area contributed by atoms with Gasteiger partial charge in [0, 0.05) is 24.5 Å². The molecule has 0 N–H and O–H groups in total. The molecule has 2 aromatic heterocycles. The van der Waals surface area contributed by atoms with Crippen LogP contribution in [0.2, 0.25) is 0 Å². The third kappa shape index (κ3) is 3.45. The first-order valence-electron chi connectivity index (χ1n) is 10.4. The quantitative estimate of drug-likeness (QED) is 0.617. The highest BCUT2D eigenvalue weighted by atomic mass is 19.4. The number of likely N-dealkylation sites (tertiary alicyclic amines) is 1. The van der Waals surface area contributed by atoms with Crippen LogP contribution in [0, 0.1) is 25.7 Å². The van der Waals surface area contributed by atoms with E-state index in [1.807, 2.05) is 19.9 Å². The lowest BCUT2D eigenvalue weighted by Gasteiger charge is -2.21. The minimum absolute atomic E-state index is 0.111. The minimum atomic E-state index is -4.35. The molecule has 1 aliphatic heterocycles. The second kappa shape index (κ2) is 7.03. The maximum atomic E-state index is 13.4. The number of halogens is 3. The normalized spacial score (nSPS) is 23.5. The van der Waals surface area contributed by atoms with Crippen LogP contribution in [0.3, 0.4) is 0 Å². The molecule has 0 unspecified atom stereocenters. The molecule has 3 atom stereocenters. The molecule has 0 radical (unpaired) electrons. The molecule has 31 heavy (non-hydrogen) atoms. The van der Waals surface area contributed by atoms with Crippen molar-refractivity contribution >= 4 is 11.7 Å². The van der Waals surface area contributed by atoms with Crippen LogP contribution in [-0.4, -0.2) is 43.5 Å². The Bertz CT molecular complexity index is 1160. The van der Waals surface area contributed by atoms with E-state index in [4.69, 9.17) is 0 Å². The van der Waals surface area contributed by atoms with Crippen molar-refractivity contribution in [1.29, 1.82) is 0 Å². The van der Waals surface area contributed by atoms with Crippen LogP contribution in [0.4, 0.5) is 13.2 Å². The van der Waals surface area contributed by atoms with Gasteiger partial charge in [0.1, 0.15) is 0 Å². The largest absolute Gasteiger partial charge is 0.416 e. The molecule has 0 bridgehead atoms. The Hall–Kier alpha value is -2.97. The predicted molar refractivity (Wildman–Crippen MR) is 107 cm³/mol. The number of aryl methyl sites for hydroxylation is 2. The predicted octanol–water partition coefficient (Wildman–Crippen LogP) is 4.03. The number of aromatic nitrogens is 4. The van der Waals surface area contributed by atoms with Gasteiger partial charge in [-0.05, 0) is 62.1 Å². The molecule has 5 rings (SSSR count). The van der Waals surface area contributed by atoms with E-state index in [1.165, 1.54) is 6.07 Å². The van der Waals surface area contributed by atoms with Crippen LogP contribution in [0.15, 0.2) is 30.3 Å². The van der Waals surface area contributed by atoms with Crippen LogP contribution in [0.1, 0.15) is 51.9 Å². The Morgan fingerprint density at radius 2 is 1.74 bits per heavy atom. The van der Waals surface area contributed by atoms with Crippen molar-refractivity contribution in [3.63, 3.8) is 0 Å². The Kier molecular flexibility index (Phi) is 4.53. The lowest BCUT2D eigenvalue weighted by atomic mass is 9.91. The zero-order chi connectivity index (χ0) is 21.9. The van der Waals surface area contributed by atoms with Gasteiger partial charge in [0.25, 0.3) is 11.7 Å². The van der Waals surface area contributed by atoms with Crippen molar-refractivity contribution < 1.29 is 18.0 Å². The molecule has 6 nitrogen and oxygen atoms in total. The smallest absolute Gasteiger partial charge is 0.335 e. The number of carbonyl (C=O) groups is 1. The lowest BCUT2D eigenvalue weighted by Crippen LogP contribution is -2.30. The average molecular weight is 429 g/mol. The van der Waals surface area contributed by atoms with Crippen molar-refractivity contribution in [1.82, 2.24) is 24.5 Å². The molecule has 9 heteroatoms. The summed E-state index contributed by atoms with van der Waals surface area (Å²) >= 11 is 0. The minimum Gasteiger partial charge on any atom is -0.335 e. The fourth-order valence-corrected chi connectivity index (χ4v) is 5.23. The standard InChI is InChI=1S/C22H22F3N5O/c1-12-7-13(2)30-21(26-12)27-19(28-30)20(31)29-10-15-8-14(9-16(15)11-29)17-5-3-4-6-18(17)22(23,24)25/h3-7,14-16H,8-11H2,1-2H3/t14-,15-,16+. The van der Waals surface area contributed by atoms with Gasteiger partial charge in [0.2, 0.25) is 5.82 Å². The highest BCUT2D eigenvalue weighted by molar-refractivity contribution is 5.91. The van der Waals surface area contributed by atoms with E-state index < -0.39 is 11.7 Å². The number of hydrogen-bond donors (Lipinski definition) is 0. The number of carbonyl (C=O) groups excluding carboxylic acids is 1. The number of hydrogen-bond acceptors (Lipinski definition) is 4. The first kappa shape index (κ1) is 20.0. The van der Waals surface area contributed by atoms with Crippen molar-refractivity contribution in [2.75, 3.05) is 13.1 Å². The molecule has 2 fully saturated rings. The first-order valence-corrected chi connectivity index (χ1v) is 10.4. The Labute approximate surface area is 177 Å². The second-order valence-electron chi connectivity index (χ2n) is 8.67. The summed E-state index contributed by atoms with van der Waals surface area (Å²) in [6.45, 7) is 4.78. The van der Waals surface area contributed by atoms with Gasteiger partial charge in [0.15, 0.2) is 0 Å². The monoisotopic (exact) mass is 429 g/mol. The average Bonchev–Trinajstić information content (AvgIpc) is 3.39. The van der Waals surface area contributed by atoms with Crippen LogP contribution >= 0.6 is 0 Å². The summed E-state index contributed by atoms with van der Waals surface area (Å²) in [6, 6.07) is 7.72. The topological polar surface area (TPSA) is 63.4 Å². The summed E-state index contributed by atoms with van der Waals surface area (Å²) in [4.78, 5) is 23.3. The molecule has 1 aromatic carbocycles. The summed E-state index contributed by atoms with van der Waals surface area (Å²) in [5, 5.41) is 4.32. The molecule has 3 aromatic rings. The Morgan fingerprint density at radius 3 is 2.42 bits per heavy atom. The molecule has 1 saturated carbocycles. The summed E-state index contributed by atoms with van der Waals surface area (Å²) in [7, 11) is 0. The van der Waals surface area contributed by atoms with Crippen molar-refractivity contribution in [3.05, 3.63) is 58.7 Å². The molecule has 0 spiro atoms. The van der Waals surface area contributed by atoms with Gasteiger partial charge in [-0.2, -0.15) is 18.2 Å². The summed E-state index contributed by atoms with van der Waals surface area (Å²) in [6.07, 6.45) is -3.05. The van der Waals surface area contributed by atoms with Gasteiger partial charge in [-0.3, -0.25) is 4.79 Å². The number of fused-ring (bicyclic) bond motifs is 2. The number of benzene rings is 1. The summed E-state index contributed by atoms with van der Waals surface area (Å²) < 4.78 is 41.8. The maximum Gasteiger partial charge on any atom is 0.416 e. The van der Waals surface area contributed by atoms with E-state index in [9.17, 15) is 18.0 Å². The molecule has 3 heterocycles. The fraction of sp³-hybridized carbons (Fsp3) is 0.455. The highest BCUT2D eigenvalue weighted by Gasteiger charge is 2.45. The molecular formula is C22H22F3N5O. The zero-order valence-electron chi connectivity index (χ0n) is 17.2. The molecule has 1 aliphatic carbocycles. The Morgan fingerprint density at radius 1 is 1.06 bits per heavy atom. The maximum absolute atomic E-state index is 13.4. The molecular weight excluding hydrogens is 407 g/mol. The second-order valence-corrected chi connectivity index (χ2v) is 8.67. The number of amides is 1. The third-order valence-electron chi connectivity index (χ3n) is 6.55. The Balaban J connectivity index is 1.32. The van der Waals surface area contributed by atoms with Crippen LogP contribution < -0.4 is 0 Å². The number of alkyl halides is 3. The molecule has 1 saturated heterocycles. The van der Waals surface area contributed by atoms with E-state index in [0.717, 1.165) is 17.5 Å². The molecule has 2 aliphatic rings. The molecule has 162 valence electrons. The van der Waals surface area contributed by atoms with E-state index >= 15 is 0 Å². The third-order valence-corrected chi connectivity index (χ3v) is 6.55. The fourth-order valence-electron chi connectivity index (χ4n) is 5.23. The van der Waals surface area contributed by atoms with Gasteiger partial charge in [-0.1, -0.05) is 18.2 Å². The van der Waals surface area contributed by atoms with Gasteiger partial charge in [-0.15, -0.1) is 5.10 Å². The lowest BCUT2D eigenvalue weighted by molar-refractivity contribution is -0.138. The van der Waals surface area contributed by atoms with Gasteiger partial charge >= 0.3 is 6.18 Å². The van der Waals surface area contributed by atoms with Crippen molar-refractivity contribution in [2.45, 2.75) is 38.8 Å². The van der Waals surface area contributed by atoms with Crippen LogP contribution in [0.25, 0.3) is 5.78 Å². The van der Waals surface area contributed by atoms with E-state index in [2.05, 4.69) is 15.1 Å². The zero-order valence-corrected chi connectivity index (χ0v) is 17.2. The van der Waals surface area contributed by atoms with Crippen molar-refractivity contribution in [3.8, 4) is 0 Å². The van der Waals surface area contributed by atoms with E-state index in [1.54, 1.807) is 21.5 Å². The number of nitrogens with zero attached hydrogens (tertiary/aromatic N) is 5. The van der Waals surface area contributed by atoms with Crippen LogP contribution in [-0.2, 0) is 6.18 Å². The molecule has 1 amide bonds. The highest BCUT2D eigenvalue weighted by Crippen LogP contribution is 2.48. The van der Waals surface area contributed by atoms with Gasteiger partial charge in [-0.25, -0.2) is 9.50 Å². The van der Waals surface area contributed by atoms with Gasteiger partial charge in [0.05, 0.1) is 5.56 Å². The van der Waals surface area contributed by atoms with Crippen molar-refractivity contribution in [2.24, 2.45) is 11.8 Å². The summed E-state index contributed by atoms with van der Waals surface area (Å²) in [5.41, 5.74) is 1.48. The van der Waals surface area contributed by atoms with E-state index in [-0.39, 0.29) is 29.5 Å². The summed E-state index contributed by atoms with van der Waals surface area (Å²) in [5.74, 6) is 0.505. The SMILES string of the molecule is Cc1cc(C)n2nc(C(=O)N3C[C@H]4C[C@@H](c5ccccc5C(F)(F)F)C[C@H]4C3)nc2n1. The number of rotatable bonds is 2.